The van der Waals surface area contributed by atoms with Crippen molar-refractivity contribution in [1.29, 1.82) is 10.5 Å². The lowest BCUT2D eigenvalue weighted by Gasteiger charge is -2.22. The number of rotatable bonds is 3. The van der Waals surface area contributed by atoms with Crippen LogP contribution in [0.4, 0.5) is 0 Å². The molecular weight excluding hydrogens is 244 g/mol. The van der Waals surface area contributed by atoms with Crippen molar-refractivity contribution in [2.75, 3.05) is 7.11 Å². The molecule has 1 atom stereocenters. The van der Waals surface area contributed by atoms with E-state index >= 15 is 0 Å². The molecule has 1 rings (SSSR count). The van der Waals surface area contributed by atoms with E-state index in [1.165, 1.54) is 7.11 Å². The summed E-state index contributed by atoms with van der Waals surface area (Å²) in [6, 6.07) is 0. The Kier molecular flexibility index (Phi) is 5.24. The molecule has 0 aliphatic heterocycles. The number of nitrogens with zero attached hydrogens (tertiary/aromatic N) is 2. The molecule has 0 spiro atoms. The molecule has 0 aromatic carbocycles. The highest BCUT2D eigenvalue weighted by atomic mass is 32.2. The van der Waals surface area contributed by atoms with Crippen molar-refractivity contribution in [3.8, 4) is 10.8 Å². The number of hydrogen-bond acceptors (Lipinski definition) is 6. The SMILES string of the molecule is COC(=O)C1CCC(SC#N)=C(SC#N)C1. The Balaban J connectivity index is 2.80. The van der Waals surface area contributed by atoms with Gasteiger partial charge in [0.05, 0.1) is 13.0 Å². The number of methoxy groups -OCH3 is 1. The fourth-order valence-corrected chi connectivity index (χ4v) is 2.96. The molecule has 0 N–H and O–H groups in total. The fourth-order valence-electron chi connectivity index (χ4n) is 1.57. The number of nitriles is 2. The maximum absolute atomic E-state index is 11.4. The minimum atomic E-state index is -0.239. The third kappa shape index (κ3) is 3.19. The molecule has 0 saturated carbocycles. The van der Waals surface area contributed by atoms with Crippen LogP contribution in [-0.4, -0.2) is 13.1 Å². The van der Waals surface area contributed by atoms with Crippen molar-refractivity contribution in [2.24, 2.45) is 5.92 Å². The molecule has 16 heavy (non-hydrogen) atoms. The second-order valence-corrected chi connectivity index (χ2v) is 4.95. The molecule has 0 saturated heterocycles. The maximum Gasteiger partial charge on any atom is 0.309 e. The van der Waals surface area contributed by atoms with Crippen LogP contribution in [0.15, 0.2) is 9.81 Å². The Labute approximate surface area is 103 Å². The Morgan fingerprint density at radius 2 is 2.00 bits per heavy atom. The molecule has 4 nitrogen and oxygen atoms in total. The molecule has 1 aliphatic carbocycles. The van der Waals surface area contributed by atoms with Crippen molar-refractivity contribution < 1.29 is 9.53 Å². The average molecular weight is 254 g/mol. The van der Waals surface area contributed by atoms with Crippen LogP contribution in [0.25, 0.3) is 0 Å². The van der Waals surface area contributed by atoms with E-state index in [0.717, 1.165) is 33.3 Å². The molecule has 0 heterocycles. The lowest BCUT2D eigenvalue weighted by molar-refractivity contribution is -0.145. The van der Waals surface area contributed by atoms with Crippen LogP contribution >= 0.6 is 23.5 Å². The van der Waals surface area contributed by atoms with Crippen molar-refractivity contribution in [3.63, 3.8) is 0 Å². The van der Waals surface area contributed by atoms with Gasteiger partial charge in [-0.25, -0.2) is 0 Å². The molecule has 0 fully saturated rings. The van der Waals surface area contributed by atoms with Gasteiger partial charge in [0.2, 0.25) is 0 Å². The summed E-state index contributed by atoms with van der Waals surface area (Å²) in [7, 11) is 1.36. The average Bonchev–Trinajstić information content (AvgIpc) is 2.31. The van der Waals surface area contributed by atoms with Gasteiger partial charge in [-0.15, -0.1) is 0 Å². The lowest BCUT2D eigenvalue weighted by atomic mass is 9.94. The zero-order valence-electron chi connectivity index (χ0n) is 8.73. The van der Waals surface area contributed by atoms with Crippen molar-refractivity contribution >= 4 is 29.5 Å². The first-order chi connectivity index (χ1) is 7.72. The van der Waals surface area contributed by atoms with Gasteiger partial charge in [-0.05, 0) is 42.8 Å². The fraction of sp³-hybridized carbons (Fsp3) is 0.500. The van der Waals surface area contributed by atoms with E-state index < -0.39 is 0 Å². The van der Waals surface area contributed by atoms with E-state index in [0.29, 0.717) is 19.3 Å². The molecule has 0 amide bonds. The molecule has 0 bridgehead atoms. The van der Waals surface area contributed by atoms with Crippen molar-refractivity contribution in [3.05, 3.63) is 9.81 Å². The van der Waals surface area contributed by atoms with Gasteiger partial charge < -0.3 is 4.74 Å². The minimum Gasteiger partial charge on any atom is -0.469 e. The summed E-state index contributed by atoms with van der Waals surface area (Å²) in [5.41, 5.74) is 0. The normalized spacial score (nSPS) is 19.8. The monoisotopic (exact) mass is 254 g/mol. The minimum absolute atomic E-state index is 0.177. The predicted molar refractivity (Wildman–Crippen MR) is 62.8 cm³/mol. The molecule has 6 heteroatoms. The Hall–Kier alpha value is -1.11. The van der Waals surface area contributed by atoms with Crippen LogP contribution in [0.2, 0.25) is 0 Å². The highest BCUT2D eigenvalue weighted by molar-refractivity contribution is 8.10. The molecule has 0 radical (unpaired) electrons. The van der Waals surface area contributed by atoms with Gasteiger partial charge in [0.1, 0.15) is 10.8 Å². The summed E-state index contributed by atoms with van der Waals surface area (Å²) in [6.07, 6.45) is 1.86. The Morgan fingerprint density at radius 1 is 1.38 bits per heavy atom. The summed E-state index contributed by atoms with van der Waals surface area (Å²) in [5.74, 6) is -0.416. The molecular formula is C10H10N2O2S2. The number of carbonyl (C=O) groups is 1. The predicted octanol–water partition coefficient (Wildman–Crippen LogP) is 2.60. The van der Waals surface area contributed by atoms with Gasteiger partial charge in [-0.3, -0.25) is 4.79 Å². The molecule has 0 aromatic rings. The van der Waals surface area contributed by atoms with Gasteiger partial charge >= 0.3 is 5.97 Å². The summed E-state index contributed by atoms with van der Waals surface area (Å²) < 4.78 is 4.69. The van der Waals surface area contributed by atoms with Gasteiger partial charge in [0.15, 0.2) is 0 Å². The lowest BCUT2D eigenvalue weighted by Crippen LogP contribution is -2.19. The third-order valence-electron chi connectivity index (χ3n) is 2.33. The Morgan fingerprint density at radius 3 is 2.56 bits per heavy atom. The van der Waals surface area contributed by atoms with E-state index in [4.69, 9.17) is 10.5 Å². The maximum atomic E-state index is 11.4. The van der Waals surface area contributed by atoms with Gasteiger partial charge in [-0.1, -0.05) is 0 Å². The van der Waals surface area contributed by atoms with E-state index in [1.54, 1.807) is 0 Å². The van der Waals surface area contributed by atoms with Gasteiger partial charge in [0, 0.05) is 9.81 Å². The summed E-state index contributed by atoms with van der Waals surface area (Å²) in [5, 5.41) is 21.3. The zero-order valence-corrected chi connectivity index (χ0v) is 10.4. The van der Waals surface area contributed by atoms with Crippen LogP contribution in [-0.2, 0) is 9.53 Å². The van der Waals surface area contributed by atoms with E-state index in [-0.39, 0.29) is 11.9 Å². The molecule has 1 unspecified atom stereocenters. The van der Waals surface area contributed by atoms with Crippen LogP contribution < -0.4 is 0 Å². The van der Waals surface area contributed by atoms with Crippen LogP contribution in [0, 0.1) is 27.2 Å². The van der Waals surface area contributed by atoms with E-state index in [2.05, 4.69) is 4.74 Å². The summed E-state index contributed by atoms with van der Waals surface area (Å²) in [6.45, 7) is 0. The second-order valence-electron chi connectivity index (χ2n) is 3.20. The van der Waals surface area contributed by atoms with Crippen molar-refractivity contribution in [1.82, 2.24) is 0 Å². The second kappa shape index (κ2) is 6.47. The van der Waals surface area contributed by atoms with E-state index in [1.807, 2.05) is 10.8 Å². The highest BCUT2D eigenvalue weighted by Gasteiger charge is 2.27. The third-order valence-corrected chi connectivity index (χ3v) is 4.00. The van der Waals surface area contributed by atoms with Crippen LogP contribution in [0.5, 0.6) is 0 Å². The number of thioether (sulfide) groups is 2. The molecule has 1 aliphatic rings. The first-order valence-corrected chi connectivity index (χ1v) is 6.28. The first-order valence-electron chi connectivity index (χ1n) is 4.64. The summed E-state index contributed by atoms with van der Waals surface area (Å²) in [4.78, 5) is 13.1. The van der Waals surface area contributed by atoms with Crippen LogP contribution in [0.1, 0.15) is 19.3 Å². The zero-order chi connectivity index (χ0) is 12.0. The molecule has 0 aromatic heterocycles. The topological polar surface area (TPSA) is 73.9 Å². The molecule has 84 valence electrons. The Bertz CT molecular complexity index is 393. The standard InChI is InChI=1S/C10H10N2O2S2/c1-14-10(13)7-2-3-8(15-5-11)9(4-7)16-6-12/h7H,2-4H2,1H3. The largest absolute Gasteiger partial charge is 0.469 e. The number of hydrogen-bond donors (Lipinski definition) is 0. The first kappa shape index (κ1) is 13.0. The van der Waals surface area contributed by atoms with E-state index in [9.17, 15) is 4.79 Å². The number of carbonyl (C=O) groups excluding carboxylic acids is 1. The van der Waals surface area contributed by atoms with Crippen molar-refractivity contribution in [2.45, 2.75) is 19.3 Å². The number of allylic oxidation sites excluding steroid dienone is 2. The quantitative estimate of drug-likeness (QED) is 0.569. The van der Waals surface area contributed by atoms with Gasteiger partial charge in [0.25, 0.3) is 0 Å². The smallest absolute Gasteiger partial charge is 0.309 e. The number of ether oxygens (including phenoxy) is 1. The number of esters is 1. The van der Waals surface area contributed by atoms with Crippen LogP contribution in [0.3, 0.4) is 0 Å². The van der Waals surface area contributed by atoms with Gasteiger partial charge in [-0.2, -0.15) is 10.5 Å². The summed E-state index contributed by atoms with van der Waals surface area (Å²) >= 11 is 2.12. The highest BCUT2D eigenvalue weighted by Crippen LogP contribution is 2.40. The number of thiocyanates is 2.